The van der Waals surface area contributed by atoms with Gasteiger partial charge in [-0.25, -0.2) is 4.98 Å². The van der Waals surface area contributed by atoms with E-state index in [1.165, 1.54) is 11.3 Å². The summed E-state index contributed by atoms with van der Waals surface area (Å²) in [5, 5.41) is 8.28. The van der Waals surface area contributed by atoms with Crippen molar-refractivity contribution in [3.05, 3.63) is 59.4 Å². The number of thiazole rings is 1. The number of benzene rings is 1. The van der Waals surface area contributed by atoms with Gasteiger partial charge >= 0.3 is 0 Å². The lowest BCUT2D eigenvalue weighted by molar-refractivity contribution is 0.0946. The molecule has 26 heavy (non-hydrogen) atoms. The third-order valence-electron chi connectivity index (χ3n) is 3.53. The summed E-state index contributed by atoms with van der Waals surface area (Å²) in [6.07, 6.45) is 1.69. The molecule has 0 fully saturated rings. The van der Waals surface area contributed by atoms with Crippen LogP contribution in [-0.4, -0.2) is 30.1 Å². The first-order valence-corrected chi connectivity index (χ1v) is 8.70. The Morgan fingerprint density at radius 2 is 2.00 bits per heavy atom. The van der Waals surface area contributed by atoms with Crippen LogP contribution in [-0.2, 0) is 6.54 Å². The van der Waals surface area contributed by atoms with Crippen LogP contribution in [0.25, 0.3) is 0 Å². The SMILES string of the molecule is COc1ccc(Nc2nc(C(=O)NCc3ccccn3)cs2)cc1OC. The highest BCUT2D eigenvalue weighted by molar-refractivity contribution is 7.14. The molecule has 0 radical (unpaired) electrons. The molecular formula is C18H18N4O3S. The van der Waals surface area contributed by atoms with E-state index in [2.05, 4.69) is 20.6 Å². The van der Waals surface area contributed by atoms with Gasteiger partial charge in [-0.2, -0.15) is 0 Å². The van der Waals surface area contributed by atoms with Crippen LogP contribution in [0.15, 0.2) is 48.0 Å². The van der Waals surface area contributed by atoms with Crippen LogP contribution in [0, 0.1) is 0 Å². The molecule has 0 unspecified atom stereocenters. The lowest BCUT2D eigenvalue weighted by Crippen LogP contribution is -2.23. The number of aromatic nitrogens is 2. The molecule has 0 bridgehead atoms. The number of pyridine rings is 1. The molecular weight excluding hydrogens is 352 g/mol. The van der Waals surface area contributed by atoms with Crippen LogP contribution in [0.1, 0.15) is 16.2 Å². The molecule has 1 aromatic carbocycles. The molecule has 0 aliphatic carbocycles. The lowest BCUT2D eigenvalue weighted by atomic mass is 10.3. The summed E-state index contributed by atoms with van der Waals surface area (Å²) < 4.78 is 10.5. The van der Waals surface area contributed by atoms with Gasteiger partial charge in [0.15, 0.2) is 16.6 Å². The monoisotopic (exact) mass is 370 g/mol. The molecule has 7 nitrogen and oxygen atoms in total. The molecule has 0 saturated carbocycles. The van der Waals surface area contributed by atoms with E-state index in [0.717, 1.165) is 11.4 Å². The van der Waals surface area contributed by atoms with E-state index in [-0.39, 0.29) is 5.91 Å². The fourth-order valence-electron chi connectivity index (χ4n) is 2.24. The van der Waals surface area contributed by atoms with E-state index in [1.807, 2.05) is 24.3 Å². The normalized spacial score (nSPS) is 10.2. The highest BCUT2D eigenvalue weighted by atomic mass is 32.1. The minimum absolute atomic E-state index is 0.243. The van der Waals surface area contributed by atoms with Crippen molar-refractivity contribution in [1.82, 2.24) is 15.3 Å². The minimum Gasteiger partial charge on any atom is -0.493 e. The Bertz CT molecular complexity index is 883. The number of rotatable bonds is 7. The van der Waals surface area contributed by atoms with Crippen molar-refractivity contribution < 1.29 is 14.3 Å². The van der Waals surface area contributed by atoms with Crippen molar-refractivity contribution in [3.63, 3.8) is 0 Å². The minimum atomic E-state index is -0.243. The number of carbonyl (C=O) groups is 1. The van der Waals surface area contributed by atoms with Crippen LogP contribution in [0.2, 0.25) is 0 Å². The van der Waals surface area contributed by atoms with E-state index in [9.17, 15) is 4.79 Å². The predicted molar refractivity (Wildman–Crippen MR) is 100 cm³/mol. The van der Waals surface area contributed by atoms with Gasteiger partial charge in [-0.1, -0.05) is 6.07 Å². The molecule has 3 aromatic rings. The van der Waals surface area contributed by atoms with Gasteiger partial charge in [0, 0.05) is 23.3 Å². The van der Waals surface area contributed by atoms with Crippen LogP contribution in [0.4, 0.5) is 10.8 Å². The summed E-state index contributed by atoms with van der Waals surface area (Å²) in [6.45, 7) is 0.357. The maximum atomic E-state index is 12.2. The number of hydrogen-bond donors (Lipinski definition) is 2. The quantitative estimate of drug-likeness (QED) is 0.664. The molecule has 0 spiro atoms. The molecule has 0 aliphatic heterocycles. The van der Waals surface area contributed by atoms with Gasteiger partial charge < -0.3 is 20.1 Å². The van der Waals surface area contributed by atoms with Gasteiger partial charge in [-0.15, -0.1) is 11.3 Å². The number of nitrogens with one attached hydrogen (secondary N) is 2. The van der Waals surface area contributed by atoms with Crippen molar-refractivity contribution >= 4 is 28.1 Å². The Morgan fingerprint density at radius 3 is 2.73 bits per heavy atom. The summed E-state index contributed by atoms with van der Waals surface area (Å²) in [4.78, 5) is 20.7. The molecule has 8 heteroatoms. The topological polar surface area (TPSA) is 85.4 Å². The standard InChI is InChI=1S/C18H18N4O3S/c1-24-15-7-6-12(9-16(15)25-2)21-18-22-14(11-26-18)17(23)20-10-13-5-3-4-8-19-13/h3-9,11H,10H2,1-2H3,(H,20,23)(H,21,22). The van der Waals surface area contributed by atoms with Gasteiger partial charge in [-0.3, -0.25) is 9.78 Å². The third kappa shape index (κ3) is 4.28. The maximum absolute atomic E-state index is 12.2. The molecule has 1 amide bonds. The fraction of sp³-hybridized carbons (Fsp3) is 0.167. The van der Waals surface area contributed by atoms with Crippen molar-refractivity contribution in [2.24, 2.45) is 0 Å². The first-order chi connectivity index (χ1) is 12.7. The zero-order valence-corrected chi connectivity index (χ0v) is 15.2. The van der Waals surface area contributed by atoms with Gasteiger partial charge in [0.2, 0.25) is 0 Å². The Labute approximate surface area is 155 Å². The molecule has 0 saturated heterocycles. The van der Waals surface area contributed by atoms with Crippen molar-refractivity contribution in [2.75, 3.05) is 19.5 Å². The number of anilines is 2. The van der Waals surface area contributed by atoms with E-state index in [0.29, 0.717) is 28.9 Å². The molecule has 0 aliphatic rings. The number of methoxy groups -OCH3 is 2. The number of ether oxygens (including phenoxy) is 2. The molecule has 2 aromatic heterocycles. The van der Waals surface area contributed by atoms with Gasteiger partial charge in [0.05, 0.1) is 26.5 Å². The van der Waals surface area contributed by atoms with Crippen LogP contribution < -0.4 is 20.1 Å². The highest BCUT2D eigenvalue weighted by Crippen LogP contribution is 2.31. The second-order valence-corrected chi connectivity index (χ2v) is 6.09. The Balaban J connectivity index is 1.63. The lowest BCUT2D eigenvalue weighted by Gasteiger charge is -2.09. The summed E-state index contributed by atoms with van der Waals surface area (Å²) in [6, 6.07) is 11.0. The molecule has 134 valence electrons. The zero-order chi connectivity index (χ0) is 18.4. The second kappa shape index (κ2) is 8.30. The van der Waals surface area contributed by atoms with Gasteiger partial charge in [0.25, 0.3) is 5.91 Å². The van der Waals surface area contributed by atoms with E-state index < -0.39 is 0 Å². The summed E-state index contributed by atoms with van der Waals surface area (Å²) in [7, 11) is 3.16. The second-order valence-electron chi connectivity index (χ2n) is 5.24. The zero-order valence-electron chi connectivity index (χ0n) is 14.4. The molecule has 2 N–H and O–H groups in total. The Morgan fingerprint density at radius 1 is 1.15 bits per heavy atom. The van der Waals surface area contributed by atoms with E-state index in [4.69, 9.17) is 9.47 Å². The molecule has 3 rings (SSSR count). The van der Waals surface area contributed by atoms with Crippen molar-refractivity contribution in [2.45, 2.75) is 6.54 Å². The summed E-state index contributed by atoms with van der Waals surface area (Å²) in [5.74, 6) is 1.02. The maximum Gasteiger partial charge on any atom is 0.271 e. The van der Waals surface area contributed by atoms with Gasteiger partial charge in [-0.05, 0) is 24.3 Å². The predicted octanol–water partition coefficient (Wildman–Crippen LogP) is 3.23. The largest absolute Gasteiger partial charge is 0.493 e. The number of hydrogen-bond acceptors (Lipinski definition) is 7. The Kier molecular flexibility index (Phi) is 5.65. The molecule has 2 heterocycles. The van der Waals surface area contributed by atoms with Crippen LogP contribution >= 0.6 is 11.3 Å². The fourth-order valence-corrected chi connectivity index (χ4v) is 2.95. The Hall–Kier alpha value is -3.13. The van der Waals surface area contributed by atoms with Crippen LogP contribution in [0.3, 0.4) is 0 Å². The average Bonchev–Trinajstić information content (AvgIpc) is 3.15. The smallest absolute Gasteiger partial charge is 0.271 e. The van der Waals surface area contributed by atoms with E-state index >= 15 is 0 Å². The van der Waals surface area contributed by atoms with Crippen LogP contribution in [0.5, 0.6) is 11.5 Å². The first kappa shape index (κ1) is 17.7. The number of nitrogens with zero attached hydrogens (tertiary/aromatic N) is 2. The van der Waals surface area contributed by atoms with Gasteiger partial charge in [0.1, 0.15) is 5.69 Å². The van der Waals surface area contributed by atoms with Crippen molar-refractivity contribution in [3.8, 4) is 11.5 Å². The molecule has 0 atom stereocenters. The highest BCUT2D eigenvalue weighted by Gasteiger charge is 2.12. The number of amides is 1. The summed E-state index contributed by atoms with van der Waals surface area (Å²) >= 11 is 1.35. The van der Waals surface area contributed by atoms with E-state index in [1.54, 1.807) is 37.9 Å². The number of carbonyl (C=O) groups excluding carboxylic acids is 1. The third-order valence-corrected chi connectivity index (χ3v) is 4.29. The average molecular weight is 370 g/mol. The first-order valence-electron chi connectivity index (χ1n) is 7.82. The summed E-state index contributed by atoms with van der Waals surface area (Å²) in [5.41, 5.74) is 1.94. The van der Waals surface area contributed by atoms with Crippen molar-refractivity contribution in [1.29, 1.82) is 0 Å².